The van der Waals surface area contributed by atoms with Crippen molar-refractivity contribution in [3.8, 4) is 11.8 Å². The molecule has 1 heterocycles. The molecule has 3 heteroatoms. The van der Waals surface area contributed by atoms with Crippen molar-refractivity contribution in [2.24, 2.45) is 5.92 Å². The molecule has 0 aromatic heterocycles. The summed E-state index contributed by atoms with van der Waals surface area (Å²) < 4.78 is 0. The molecule has 20 heavy (non-hydrogen) atoms. The predicted octanol–water partition coefficient (Wildman–Crippen LogP) is 2.18. The van der Waals surface area contributed by atoms with Crippen LogP contribution in [0.5, 0.6) is 0 Å². The average molecular weight is 271 g/mol. The molecule has 0 aliphatic carbocycles. The zero-order valence-electron chi connectivity index (χ0n) is 11.9. The SMILES string of the molecule is CCC1CC(=O)N(Cc2cccc(C#CCCO)c2)C1. The van der Waals surface area contributed by atoms with Crippen molar-refractivity contribution in [1.29, 1.82) is 0 Å². The number of rotatable bonds is 4. The fourth-order valence-corrected chi connectivity index (χ4v) is 2.47. The van der Waals surface area contributed by atoms with E-state index < -0.39 is 0 Å². The van der Waals surface area contributed by atoms with Crippen LogP contribution in [0.2, 0.25) is 0 Å². The molecule has 1 aliphatic heterocycles. The molecule has 3 nitrogen and oxygen atoms in total. The summed E-state index contributed by atoms with van der Waals surface area (Å²) in [5, 5.41) is 8.72. The van der Waals surface area contributed by atoms with E-state index in [2.05, 4.69) is 18.8 Å². The molecule has 1 aromatic rings. The summed E-state index contributed by atoms with van der Waals surface area (Å²) in [7, 11) is 0. The Hall–Kier alpha value is -1.79. The minimum Gasteiger partial charge on any atom is -0.395 e. The van der Waals surface area contributed by atoms with Gasteiger partial charge in [0, 0.05) is 31.5 Å². The van der Waals surface area contributed by atoms with Gasteiger partial charge in [-0.05, 0) is 23.6 Å². The van der Waals surface area contributed by atoms with Gasteiger partial charge in [0.05, 0.1) is 6.61 Å². The lowest BCUT2D eigenvalue weighted by Crippen LogP contribution is -2.24. The fourth-order valence-electron chi connectivity index (χ4n) is 2.47. The van der Waals surface area contributed by atoms with E-state index in [1.807, 2.05) is 29.2 Å². The first kappa shape index (κ1) is 14.6. The van der Waals surface area contributed by atoms with Crippen molar-refractivity contribution >= 4 is 5.91 Å². The van der Waals surface area contributed by atoms with Crippen molar-refractivity contribution in [3.05, 3.63) is 35.4 Å². The number of carbonyl (C=O) groups excluding carboxylic acids is 1. The summed E-state index contributed by atoms with van der Waals surface area (Å²) in [5.41, 5.74) is 2.06. The van der Waals surface area contributed by atoms with Gasteiger partial charge in [-0.1, -0.05) is 37.3 Å². The highest BCUT2D eigenvalue weighted by molar-refractivity contribution is 5.78. The topological polar surface area (TPSA) is 40.5 Å². The molecule has 0 spiro atoms. The molecule has 1 fully saturated rings. The Kier molecular flexibility index (Phi) is 5.20. The molecular weight excluding hydrogens is 250 g/mol. The summed E-state index contributed by atoms with van der Waals surface area (Å²) in [6, 6.07) is 7.98. The van der Waals surface area contributed by atoms with Crippen LogP contribution in [0.3, 0.4) is 0 Å². The van der Waals surface area contributed by atoms with Gasteiger partial charge in [0.2, 0.25) is 5.91 Å². The van der Waals surface area contributed by atoms with Crippen LogP contribution in [0.25, 0.3) is 0 Å². The number of amides is 1. The van der Waals surface area contributed by atoms with Crippen LogP contribution >= 0.6 is 0 Å². The van der Waals surface area contributed by atoms with Crippen LogP contribution < -0.4 is 0 Å². The third-order valence-electron chi connectivity index (χ3n) is 3.64. The minimum atomic E-state index is 0.0907. The summed E-state index contributed by atoms with van der Waals surface area (Å²) in [5.74, 6) is 6.71. The Balaban J connectivity index is 2.02. The molecule has 1 atom stereocenters. The highest BCUT2D eigenvalue weighted by Gasteiger charge is 2.27. The van der Waals surface area contributed by atoms with Gasteiger partial charge in [-0.3, -0.25) is 4.79 Å². The number of nitrogens with zero attached hydrogens (tertiary/aromatic N) is 1. The second kappa shape index (κ2) is 7.12. The van der Waals surface area contributed by atoms with Gasteiger partial charge in [-0.25, -0.2) is 0 Å². The van der Waals surface area contributed by atoms with E-state index in [1.54, 1.807) is 0 Å². The number of carbonyl (C=O) groups is 1. The van der Waals surface area contributed by atoms with Gasteiger partial charge < -0.3 is 10.0 Å². The average Bonchev–Trinajstić information content (AvgIpc) is 2.80. The summed E-state index contributed by atoms with van der Waals surface area (Å²) >= 11 is 0. The Bertz CT molecular complexity index is 527. The van der Waals surface area contributed by atoms with Gasteiger partial charge in [0.15, 0.2) is 0 Å². The lowest BCUT2D eigenvalue weighted by molar-refractivity contribution is -0.128. The van der Waals surface area contributed by atoms with Crippen LogP contribution in [0.4, 0.5) is 0 Å². The second-order valence-electron chi connectivity index (χ2n) is 5.23. The van der Waals surface area contributed by atoms with Crippen LogP contribution in [-0.2, 0) is 11.3 Å². The molecule has 1 unspecified atom stereocenters. The lowest BCUT2D eigenvalue weighted by atomic mass is 10.1. The molecule has 0 radical (unpaired) electrons. The van der Waals surface area contributed by atoms with Crippen LogP contribution in [0.15, 0.2) is 24.3 Å². The number of hydrogen-bond acceptors (Lipinski definition) is 2. The van der Waals surface area contributed by atoms with E-state index in [0.29, 0.717) is 25.3 Å². The molecule has 1 amide bonds. The zero-order chi connectivity index (χ0) is 14.4. The molecule has 1 aliphatic rings. The smallest absolute Gasteiger partial charge is 0.223 e. The van der Waals surface area contributed by atoms with Gasteiger partial charge in [-0.2, -0.15) is 0 Å². The number of aliphatic hydroxyl groups is 1. The molecule has 1 saturated heterocycles. The van der Waals surface area contributed by atoms with Crippen molar-refractivity contribution in [2.45, 2.75) is 32.7 Å². The van der Waals surface area contributed by atoms with Gasteiger partial charge in [0.25, 0.3) is 0 Å². The number of hydrogen-bond donors (Lipinski definition) is 1. The minimum absolute atomic E-state index is 0.0907. The van der Waals surface area contributed by atoms with Gasteiger partial charge in [0.1, 0.15) is 0 Å². The maximum atomic E-state index is 11.9. The van der Waals surface area contributed by atoms with E-state index >= 15 is 0 Å². The van der Waals surface area contributed by atoms with Gasteiger partial charge in [-0.15, -0.1) is 0 Å². The Labute approximate surface area is 120 Å². The van der Waals surface area contributed by atoms with Crippen LogP contribution in [0.1, 0.15) is 37.3 Å². The molecule has 106 valence electrons. The molecule has 2 rings (SSSR count). The van der Waals surface area contributed by atoms with Crippen molar-refractivity contribution in [1.82, 2.24) is 4.90 Å². The molecule has 1 aromatic carbocycles. The van der Waals surface area contributed by atoms with Crippen molar-refractivity contribution in [2.75, 3.05) is 13.2 Å². The number of likely N-dealkylation sites (tertiary alicyclic amines) is 1. The molecule has 1 N–H and O–H groups in total. The van der Waals surface area contributed by atoms with Gasteiger partial charge >= 0.3 is 0 Å². The quantitative estimate of drug-likeness (QED) is 0.853. The Morgan fingerprint density at radius 1 is 1.45 bits per heavy atom. The Morgan fingerprint density at radius 2 is 2.30 bits per heavy atom. The third kappa shape index (κ3) is 3.85. The second-order valence-corrected chi connectivity index (χ2v) is 5.23. The van der Waals surface area contributed by atoms with Crippen LogP contribution in [-0.4, -0.2) is 29.1 Å². The first-order valence-corrected chi connectivity index (χ1v) is 7.19. The summed E-state index contributed by atoms with van der Waals surface area (Å²) in [6.07, 6.45) is 2.24. The number of benzene rings is 1. The standard InChI is InChI=1S/C17H21NO2/c1-2-14-11-17(20)18(12-14)13-16-8-5-7-15(10-16)6-3-4-9-19/h5,7-8,10,14,19H,2,4,9,11-13H2,1H3. The maximum absolute atomic E-state index is 11.9. The van der Waals surface area contributed by atoms with E-state index in [0.717, 1.165) is 24.1 Å². The van der Waals surface area contributed by atoms with Crippen molar-refractivity contribution < 1.29 is 9.90 Å². The molecule has 0 saturated carbocycles. The monoisotopic (exact) mass is 271 g/mol. The van der Waals surface area contributed by atoms with E-state index in [1.165, 1.54) is 0 Å². The number of aliphatic hydroxyl groups excluding tert-OH is 1. The maximum Gasteiger partial charge on any atom is 0.223 e. The Morgan fingerprint density at radius 3 is 3.00 bits per heavy atom. The summed E-state index contributed by atoms with van der Waals surface area (Å²) in [6.45, 7) is 3.77. The first-order valence-electron chi connectivity index (χ1n) is 7.19. The normalized spacial score (nSPS) is 18.0. The molecular formula is C17H21NO2. The van der Waals surface area contributed by atoms with Crippen LogP contribution in [0, 0.1) is 17.8 Å². The van der Waals surface area contributed by atoms with E-state index in [9.17, 15) is 4.79 Å². The van der Waals surface area contributed by atoms with E-state index in [-0.39, 0.29) is 12.5 Å². The highest BCUT2D eigenvalue weighted by atomic mass is 16.2. The lowest BCUT2D eigenvalue weighted by Gasteiger charge is -2.16. The fraction of sp³-hybridized carbons (Fsp3) is 0.471. The zero-order valence-corrected chi connectivity index (χ0v) is 11.9. The largest absolute Gasteiger partial charge is 0.395 e. The predicted molar refractivity (Wildman–Crippen MR) is 78.8 cm³/mol. The molecule has 0 bridgehead atoms. The van der Waals surface area contributed by atoms with E-state index in [4.69, 9.17) is 5.11 Å². The first-order chi connectivity index (χ1) is 9.72. The van der Waals surface area contributed by atoms with Crippen molar-refractivity contribution in [3.63, 3.8) is 0 Å². The summed E-state index contributed by atoms with van der Waals surface area (Å²) in [4.78, 5) is 13.9. The third-order valence-corrected chi connectivity index (χ3v) is 3.64. The highest BCUT2D eigenvalue weighted by Crippen LogP contribution is 2.22.